The van der Waals surface area contributed by atoms with Crippen molar-refractivity contribution >= 4 is 40.0 Å². The molecule has 4 rings (SSSR count). The first-order valence-corrected chi connectivity index (χ1v) is 9.45. The fourth-order valence-electron chi connectivity index (χ4n) is 2.81. The van der Waals surface area contributed by atoms with Crippen LogP contribution in [0.15, 0.2) is 65.0 Å². The van der Waals surface area contributed by atoms with E-state index in [2.05, 4.69) is 15.3 Å². The molecule has 0 spiro atoms. The molecule has 28 heavy (non-hydrogen) atoms. The lowest BCUT2D eigenvalue weighted by Crippen LogP contribution is -2.13. The average molecular weight is 388 g/mol. The Morgan fingerprint density at radius 2 is 2.00 bits per heavy atom. The molecule has 0 radical (unpaired) electrons. The molecule has 1 amide bonds. The summed E-state index contributed by atoms with van der Waals surface area (Å²) in [6.07, 6.45) is 7.14. The Hall–Kier alpha value is -3.58. The van der Waals surface area contributed by atoms with Crippen LogP contribution in [0.5, 0.6) is 0 Å². The summed E-state index contributed by atoms with van der Waals surface area (Å²) in [4.78, 5) is 33.1. The van der Waals surface area contributed by atoms with E-state index in [9.17, 15) is 9.59 Å². The van der Waals surface area contributed by atoms with Crippen LogP contribution in [0.25, 0.3) is 28.4 Å². The Balaban J connectivity index is 1.68. The highest BCUT2D eigenvalue weighted by atomic mass is 32.1. The third-order valence-corrected chi connectivity index (χ3v) is 4.88. The van der Waals surface area contributed by atoms with Gasteiger partial charge in [0.2, 0.25) is 5.91 Å². The molecule has 4 aromatic rings. The van der Waals surface area contributed by atoms with Crippen molar-refractivity contribution in [3.63, 3.8) is 0 Å². The summed E-state index contributed by atoms with van der Waals surface area (Å²) in [5.41, 5.74) is 3.76. The number of hydrogen-bond acceptors (Lipinski definition) is 5. The van der Waals surface area contributed by atoms with E-state index >= 15 is 0 Å². The Morgan fingerprint density at radius 3 is 2.71 bits per heavy atom. The zero-order chi connectivity index (χ0) is 19.5. The third-order valence-electron chi connectivity index (χ3n) is 4.06. The number of nitrogens with one attached hydrogen (secondary N) is 1. The molecule has 0 unspecified atom stereocenters. The van der Waals surface area contributed by atoms with Gasteiger partial charge in [0.05, 0.1) is 11.4 Å². The third kappa shape index (κ3) is 3.74. The summed E-state index contributed by atoms with van der Waals surface area (Å²) in [7, 11) is 0. The van der Waals surface area contributed by atoms with E-state index in [4.69, 9.17) is 0 Å². The topological polar surface area (TPSA) is 76.4 Å². The van der Waals surface area contributed by atoms with E-state index in [1.54, 1.807) is 22.9 Å². The van der Waals surface area contributed by atoms with Gasteiger partial charge in [0.15, 0.2) is 4.96 Å². The van der Waals surface area contributed by atoms with Gasteiger partial charge in [0, 0.05) is 36.5 Å². The minimum atomic E-state index is -0.141. The lowest BCUT2D eigenvalue weighted by Gasteiger charge is -2.05. The largest absolute Gasteiger partial charge is 0.326 e. The summed E-state index contributed by atoms with van der Waals surface area (Å²) in [6, 6.07) is 12.7. The Labute approximate surface area is 164 Å². The number of nitrogens with zero attached hydrogens (tertiary/aromatic N) is 3. The predicted octanol–water partition coefficient (Wildman–Crippen LogP) is 3.95. The number of rotatable bonds is 4. The first-order valence-electron chi connectivity index (χ1n) is 8.57. The van der Waals surface area contributed by atoms with E-state index in [-0.39, 0.29) is 11.5 Å². The van der Waals surface area contributed by atoms with Crippen molar-refractivity contribution in [3.05, 3.63) is 81.8 Å². The number of anilines is 1. The monoisotopic (exact) mass is 388 g/mol. The lowest BCUT2D eigenvalue weighted by molar-refractivity contribution is -0.114. The zero-order valence-electron chi connectivity index (χ0n) is 15.0. The molecule has 6 nitrogen and oxygen atoms in total. The van der Waals surface area contributed by atoms with Crippen LogP contribution in [0, 0.1) is 0 Å². The maximum atomic E-state index is 12.7. The number of pyridine rings is 1. The van der Waals surface area contributed by atoms with Crippen molar-refractivity contribution in [1.29, 1.82) is 0 Å². The number of amides is 1. The molecule has 0 aliphatic carbocycles. The first-order chi connectivity index (χ1) is 13.6. The van der Waals surface area contributed by atoms with E-state index in [0.717, 1.165) is 16.8 Å². The van der Waals surface area contributed by atoms with Gasteiger partial charge in [-0.2, -0.15) is 0 Å². The summed E-state index contributed by atoms with van der Waals surface area (Å²) < 4.78 is 1.60. The van der Waals surface area contributed by atoms with E-state index in [1.807, 2.05) is 47.9 Å². The predicted molar refractivity (Wildman–Crippen MR) is 112 cm³/mol. The summed E-state index contributed by atoms with van der Waals surface area (Å²) in [5, 5.41) is 4.64. The SMILES string of the molecule is CC(=O)Nc1ccc(-c2csc3nc(/C=C/c4cccnc4)cc(=O)n23)cc1. The molecule has 3 aromatic heterocycles. The fraction of sp³-hybridized carbons (Fsp3) is 0.0476. The van der Waals surface area contributed by atoms with Crippen molar-refractivity contribution in [2.24, 2.45) is 0 Å². The molecule has 7 heteroatoms. The molecule has 0 bridgehead atoms. The first kappa shape index (κ1) is 17.8. The van der Waals surface area contributed by atoms with Gasteiger partial charge in [-0.05, 0) is 35.4 Å². The maximum Gasteiger partial charge on any atom is 0.259 e. The van der Waals surface area contributed by atoms with Gasteiger partial charge in [0.25, 0.3) is 5.56 Å². The standard InChI is InChI=1S/C21H16N4O2S/c1-14(26)23-17-8-5-16(6-9-17)19-13-28-21-24-18(11-20(27)25(19)21)7-4-15-3-2-10-22-12-15/h2-13H,1H3,(H,23,26)/b7-4+. The van der Waals surface area contributed by atoms with Crippen LogP contribution in [-0.2, 0) is 4.79 Å². The number of hydrogen-bond donors (Lipinski definition) is 1. The minimum Gasteiger partial charge on any atom is -0.326 e. The normalized spacial score (nSPS) is 11.2. The quantitative estimate of drug-likeness (QED) is 0.574. The van der Waals surface area contributed by atoms with Crippen LogP contribution in [0.4, 0.5) is 5.69 Å². The highest BCUT2D eigenvalue weighted by molar-refractivity contribution is 7.15. The van der Waals surface area contributed by atoms with Gasteiger partial charge in [-0.3, -0.25) is 19.0 Å². The van der Waals surface area contributed by atoms with Crippen molar-refractivity contribution in [3.8, 4) is 11.3 Å². The second kappa shape index (κ2) is 7.58. The molecule has 138 valence electrons. The van der Waals surface area contributed by atoms with Crippen molar-refractivity contribution in [2.45, 2.75) is 6.92 Å². The highest BCUT2D eigenvalue weighted by Crippen LogP contribution is 2.25. The van der Waals surface area contributed by atoms with Gasteiger partial charge in [0.1, 0.15) is 0 Å². The molecule has 0 aliphatic rings. The van der Waals surface area contributed by atoms with Crippen LogP contribution < -0.4 is 10.9 Å². The maximum absolute atomic E-state index is 12.7. The van der Waals surface area contributed by atoms with Gasteiger partial charge in [-0.15, -0.1) is 11.3 Å². The van der Waals surface area contributed by atoms with Crippen LogP contribution in [0.2, 0.25) is 0 Å². The Morgan fingerprint density at radius 1 is 1.18 bits per heavy atom. The van der Waals surface area contributed by atoms with Gasteiger partial charge in [-0.25, -0.2) is 4.98 Å². The lowest BCUT2D eigenvalue weighted by atomic mass is 10.1. The molecule has 3 heterocycles. The van der Waals surface area contributed by atoms with Gasteiger partial charge in [-0.1, -0.05) is 24.3 Å². The molecule has 1 aromatic carbocycles. The van der Waals surface area contributed by atoms with E-state index < -0.39 is 0 Å². The van der Waals surface area contributed by atoms with Gasteiger partial charge >= 0.3 is 0 Å². The number of aromatic nitrogens is 3. The van der Waals surface area contributed by atoms with Crippen LogP contribution in [0.3, 0.4) is 0 Å². The van der Waals surface area contributed by atoms with Crippen molar-refractivity contribution < 1.29 is 4.79 Å². The molecule has 0 atom stereocenters. The number of carbonyl (C=O) groups excluding carboxylic acids is 1. The molecule has 0 saturated heterocycles. The van der Waals surface area contributed by atoms with E-state index in [0.29, 0.717) is 16.3 Å². The summed E-state index contributed by atoms with van der Waals surface area (Å²) in [6.45, 7) is 1.46. The van der Waals surface area contributed by atoms with Crippen LogP contribution in [0.1, 0.15) is 18.2 Å². The van der Waals surface area contributed by atoms with Crippen LogP contribution >= 0.6 is 11.3 Å². The molecule has 0 aliphatic heterocycles. The number of fused-ring (bicyclic) bond motifs is 1. The van der Waals surface area contributed by atoms with Crippen molar-refractivity contribution in [1.82, 2.24) is 14.4 Å². The molecule has 1 N–H and O–H groups in total. The summed E-state index contributed by atoms with van der Waals surface area (Å²) >= 11 is 1.41. The van der Waals surface area contributed by atoms with E-state index in [1.165, 1.54) is 24.3 Å². The molecular weight excluding hydrogens is 372 g/mol. The average Bonchev–Trinajstić information content (AvgIpc) is 3.12. The number of carbonyl (C=O) groups is 1. The smallest absolute Gasteiger partial charge is 0.259 e. The van der Waals surface area contributed by atoms with Crippen LogP contribution in [-0.4, -0.2) is 20.3 Å². The number of thiazole rings is 1. The van der Waals surface area contributed by atoms with Gasteiger partial charge < -0.3 is 5.32 Å². The molecular formula is C21H16N4O2S. The zero-order valence-corrected chi connectivity index (χ0v) is 15.8. The fourth-order valence-corrected chi connectivity index (χ4v) is 3.72. The summed E-state index contributed by atoms with van der Waals surface area (Å²) in [5.74, 6) is -0.124. The molecule has 0 fully saturated rings. The minimum absolute atomic E-state index is 0.124. The molecule has 0 saturated carbocycles. The van der Waals surface area contributed by atoms with Crippen molar-refractivity contribution in [2.75, 3.05) is 5.32 Å². The highest BCUT2D eigenvalue weighted by Gasteiger charge is 2.10. The Bertz CT molecular complexity index is 1220. The second-order valence-electron chi connectivity index (χ2n) is 6.14. The Kier molecular flexibility index (Phi) is 4.82. The number of benzene rings is 1. The second-order valence-corrected chi connectivity index (χ2v) is 6.97.